The molecule has 8 rings (SSSR count). The predicted molar refractivity (Wildman–Crippen MR) is 245 cm³/mol. The van der Waals surface area contributed by atoms with Gasteiger partial charge in [-0.3, -0.25) is 58.6 Å². The quantitative estimate of drug-likeness (QED) is 0.0987. The molecular weight excluding hydrogens is 877 g/mol. The van der Waals surface area contributed by atoms with Gasteiger partial charge in [-0.2, -0.15) is 0 Å². The Morgan fingerprint density at radius 3 is 1.72 bits per heavy atom. The van der Waals surface area contributed by atoms with Crippen LogP contribution in [0.2, 0.25) is 0 Å². The minimum atomic E-state index is -0.727. The van der Waals surface area contributed by atoms with Crippen LogP contribution in [0.25, 0.3) is 0 Å². The number of hydrogen-bond donors (Lipinski definition) is 4. The minimum absolute atomic E-state index is 0.0470. The normalized spacial score (nSPS) is 18.1. The SMILES string of the molecule is CC(C)(C)c1ccc(C(=O)C(=O)NCc2cc3c(s2)CN(C2CCC(=O)NC2=O)C3=O)cc1.CC(C)(C)c1cccc(C(=O)C(=O)NCc2cccc3c2CN(C2CCC(=O)NC2=O)C3=O)c1. The molecule has 2 saturated heterocycles. The number of rotatable bonds is 10. The number of benzene rings is 3. The van der Waals surface area contributed by atoms with Gasteiger partial charge in [0.1, 0.15) is 12.1 Å². The highest BCUT2D eigenvalue weighted by atomic mass is 32.1. The summed E-state index contributed by atoms with van der Waals surface area (Å²) in [6, 6.07) is 19.6. The molecule has 2 unspecified atom stereocenters. The number of piperidine rings is 2. The van der Waals surface area contributed by atoms with Crippen LogP contribution in [0.4, 0.5) is 0 Å². The molecule has 67 heavy (non-hydrogen) atoms. The number of fused-ring (bicyclic) bond motifs is 2. The Bertz CT molecular complexity index is 2740. The average molecular weight is 929 g/mol. The van der Waals surface area contributed by atoms with Gasteiger partial charge >= 0.3 is 0 Å². The second-order valence-corrected chi connectivity index (χ2v) is 20.2. The zero-order chi connectivity index (χ0) is 48.5. The second kappa shape index (κ2) is 19.0. The monoisotopic (exact) mass is 928 g/mol. The fraction of sp³-hybridized carbons (Fsp3) is 0.360. The van der Waals surface area contributed by atoms with Gasteiger partial charge in [-0.05, 0) is 64.1 Å². The summed E-state index contributed by atoms with van der Waals surface area (Å²) < 4.78 is 0. The summed E-state index contributed by atoms with van der Waals surface area (Å²) in [5, 5.41) is 9.85. The van der Waals surface area contributed by atoms with E-state index >= 15 is 0 Å². The van der Waals surface area contributed by atoms with E-state index in [9.17, 15) is 47.9 Å². The highest BCUT2D eigenvalue weighted by molar-refractivity contribution is 7.12. The number of nitrogens with zero attached hydrogens (tertiary/aromatic N) is 2. The number of hydrogen-bond acceptors (Lipinski definition) is 11. The highest BCUT2D eigenvalue weighted by Gasteiger charge is 2.41. The van der Waals surface area contributed by atoms with Gasteiger partial charge in [-0.1, -0.05) is 96.1 Å². The molecule has 2 fully saturated rings. The highest BCUT2D eigenvalue weighted by Crippen LogP contribution is 2.34. The van der Waals surface area contributed by atoms with Crippen LogP contribution < -0.4 is 21.3 Å². The molecule has 5 heterocycles. The van der Waals surface area contributed by atoms with E-state index < -0.39 is 47.3 Å². The van der Waals surface area contributed by atoms with Crippen LogP contribution in [0.3, 0.4) is 0 Å². The molecule has 0 bridgehead atoms. The molecule has 17 heteroatoms. The van der Waals surface area contributed by atoms with Crippen LogP contribution in [0, 0.1) is 0 Å². The van der Waals surface area contributed by atoms with Gasteiger partial charge in [-0.15, -0.1) is 11.3 Å². The van der Waals surface area contributed by atoms with Gasteiger partial charge in [-0.25, -0.2) is 0 Å². The summed E-state index contributed by atoms with van der Waals surface area (Å²) in [6.45, 7) is 13.0. The van der Waals surface area contributed by atoms with E-state index in [1.165, 1.54) is 21.1 Å². The lowest BCUT2D eigenvalue weighted by Gasteiger charge is -2.29. The minimum Gasteiger partial charge on any atom is -0.345 e. The van der Waals surface area contributed by atoms with Crippen molar-refractivity contribution in [1.82, 2.24) is 31.1 Å². The summed E-state index contributed by atoms with van der Waals surface area (Å²) in [6.07, 6.45) is 0.974. The maximum atomic E-state index is 12.9. The molecule has 4 aliphatic rings. The molecule has 0 spiro atoms. The van der Waals surface area contributed by atoms with Crippen LogP contribution in [0.5, 0.6) is 0 Å². The van der Waals surface area contributed by atoms with Crippen molar-refractivity contribution in [3.8, 4) is 0 Å². The summed E-state index contributed by atoms with van der Waals surface area (Å²) >= 11 is 1.36. The number of imide groups is 2. The Balaban J connectivity index is 0.000000199. The molecule has 0 saturated carbocycles. The number of thiophene rings is 1. The van der Waals surface area contributed by atoms with Gasteiger partial charge in [0, 0.05) is 52.4 Å². The van der Waals surface area contributed by atoms with Crippen molar-refractivity contribution < 1.29 is 47.9 Å². The first-order valence-electron chi connectivity index (χ1n) is 22.0. The average Bonchev–Trinajstić information content (AvgIpc) is 3.95. The molecule has 4 aliphatic heterocycles. The van der Waals surface area contributed by atoms with Crippen LogP contribution in [0.1, 0.15) is 141 Å². The van der Waals surface area contributed by atoms with Crippen molar-refractivity contribution >= 4 is 70.2 Å². The first-order chi connectivity index (χ1) is 31.6. The third-order valence-corrected chi connectivity index (χ3v) is 13.3. The zero-order valence-electron chi connectivity index (χ0n) is 38.1. The van der Waals surface area contributed by atoms with Crippen LogP contribution >= 0.6 is 11.3 Å². The van der Waals surface area contributed by atoms with Crippen molar-refractivity contribution in [2.24, 2.45) is 0 Å². The third kappa shape index (κ3) is 10.5. The van der Waals surface area contributed by atoms with Crippen molar-refractivity contribution in [2.75, 3.05) is 0 Å². The predicted octanol–water partition coefficient (Wildman–Crippen LogP) is 4.55. The Hall–Kier alpha value is -7.14. The summed E-state index contributed by atoms with van der Waals surface area (Å²) in [4.78, 5) is 128. The largest absolute Gasteiger partial charge is 0.345 e. The molecule has 3 aromatic carbocycles. The number of Topliss-reactive ketones (excluding diaryl/α,β-unsaturated/α-hetero) is 2. The van der Waals surface area contributed by atoms with E-state index in [1.807, 2.05) is 39.0 Å². The van der Waals surface area contributed by atoms with Crippen LogP contribution in [-0.2, 0) is 65.8 Å². The third-order valence-electron chi connectivity index (χ3n) is 12.2. The summed E-state index contributed by atoms with van der Waals surface area (Å²) in [5.41, 5.74) is 4.84. The number of carbonyl (C=O) groups excluding carboxylic acids is 10. The fourth-order valence-corrected chi connectivity index (χ4v) is 9.41. The maximum absolute atomic E-state index is 12.9. The molecule has 2 atom stereocenters. The standard InChI is InChI=1S/C26H27N3O5.C24H25N3O5S/c1-26(2,3)17-8-4-6-15(12-17)22(31)24(33)27-13-16-7-5-9-18-19(16)14-29(25(18)34)20-10-11-21(30)28-23(20)32;1-24(2,3)14-6-4-13(5-7-14)20(29)22(31)25-11-15-10-16-18(33-15)12-27(23(16)32)17-8-9-19(28)26-21(17)30/h4-9,12,20H,10-11,13-14H2,1-3H3,(H,27,33)(H,28,30,32);4-7,10,17H,8-9,11-12H2,1-3H3,(H,25,31)(H,26,28,30). The molecule has 0 aliphatic carbocycles. The molecule has 348 valence electrons. The Labute approximate surface area is 391 Å². The zero-order valence-corrected chi connectivity index (χ0v) is 38.9. The summed E-state index contributed by atoms with van der Waals surface area (Å²) in [5.74, 6) is -4.80. The van der Waals surface area contributed by atoms with Gasteiger partial charge in [0.2, 0.25) is 35.2 Å². The smallest absolute Gasteiger partial charge is 0.292 e. The lowest BCUT2D eigenvalue weighted by Crippen LogP contribution is -2.52. The molecule has 8 amide bonds. The molecule has 1 aromatic heterocycles. The fourth-order valence-electron chi connectivity index (χ4n) is 8.31. The Morgan fingerprint density at radius 1 is 0.612 bits per heavy atom. The van der Waals surface area contributed by atoms with Crippen molar-refractivity contribution in [3.05, 3.63) is 127 Å². The van der Waals surface area contributed by atoms with Gasteiger partial charge in [0.25, 0.3) is 23.6 Å². The number of carbonyl (C=O) groups is 10. The summed E-state index contributed by atoms with van der Waals surface area (Å²) in [7, 11) is 0. The van der Waals surface area contributed by atoms with Gasteiger partial charge in [0.15, 0.2) is 0 Å². The van der Waals surface area contributed by atoms with Crippen LogP contribution in [0.15, 0.2) is 72.8 Å². The lowest BCUT2D eigenvalue weighted by molar-refractivity contribution is -0.138. The molecule has 0 radical (unpaired) electrons. The van der Waals surface area contributed by atoms with E-state index in [-0.39, 0.29) is 79.9 Å². The van der Waals surface area contributed by atoms with E-state index in [4.69, 9.17) is 0 Å². The van der Waals surface area contributed by atoms with Gasteiger partial charge < -0.3 is 20.4 Å². The van der Waals surface area contributed by atoms with Gasteiger partial charge in [0.05, 0.1) is 18.7 Å². The number of amides is 8. The molecule has 4 aromatic rings. The molecule has 4 N–H and O–H groups in total. The topological polar surface area (TPSA) is 225 Å². The van der Waals surface area contributed by atoms with Crippen LogP contribution in [-0.4, -0.2) is 80.7 Å². The van der Waals surface area contributed by atoms with Crippen molar-refractivity contribution in [1.29, 1.82) is 0 Å². The van der Waals surface area contributed by atoms with E-state index in [1.54, 1.807) is 54.6 Å². The number of nitrogens with one attached hydrogen (secondary N) is 4. The van der Waals surface area contributed by atoms with Crippen molar-refractivity contribution in [2.45, 2.75) is 116 Å². The van der Waals surface area contributed by atoms with E-state index in [2.05, 4.69) is 42.0 Å². The van der Waals surface area contributed by atoms with E-state index in [0.29, 0.717) is 39.8 Å². The van der Waals surface area contributed by atoms with Crippen molar-refractivity contribution in [3.63, 3.8) is 0 Å². The Morgan fingerprint density at radius 2 is 1.15 bits per heavy atom. The first kappa shape index (κ1) is 47.8. The molecule has 16 nitrogen and oxygen atoms in total. The maximum Gasteiger partial charge on any atom is 0.292 e. The first-order valence-corrected chi connectivity index (χ1v) is 22.8. The van der Waals surface area contributed by atoms with E-state index in [0.717, 1.165) is 20.9 Å². The molecular formula is C50H52N6O10S. The Kier molecular flexibility index (Phi) is 13.6. The second-order valence-electron chi connectivity index (χ2n) is 19.0. The lowest BCUT2D eigenvalue weighted by atomic mass is 9.86. The number of ketones is 2.